The van der Waals surface area contributed by atoms with E-state index in [9.17, 15) is 13.2 Å². The fraction of sp³-hybridized carbons (Fsp3) is 0.250. The van der Waals surface area contributed by atoms with Crippen LogP contribution in [0.4, 0.5) is 17.6 Å². The normalized spacial score (nSPS) is 12.2. The monoisotopic (exact) mass is 418 g/mol. The summed E-state index contributed by atoms with van der Waals surface area (Å²) in [4.78, 5) is 0. The van der Waals surface area contributed by atoms with E-state index in [1.807, 2.05) is 18.2 Å². The van der Waals surface area contributed by atoms with Crippen LogP contribution in [-0.2, 0) is 12.8 Å². The van der Waals surface area contributed by atoms with Crippen molar-refractivity contribution in [2.75, 3.05) is 0 Å². The molecule has 0 amide bonds. The minimum atomic E-state index is -1.05. The van der Waals surface area contributed by atoms with Gasteiger partial charge in [0.15, 0.2) is 0 Å². The van der Waals surface area contributed by atoms with Crippen molar-refractivity contribution in [1.29, 1.82) is 0 Å². The highest BCUT2D eigenvalue weighted by Gasteiger charge is 2.27. The van der Waals surface area contributed by atoms with Crippen molar-refractivity contribution < 1.29 is 17.6 Å². The molecule has 5 heteroatoms. The van der Waals surface area contributed by atoms with Crippen molar-refractivity contribution in [3.63, 3.8) is 0 Å². The third kappa shape index (κ3) is 3.55. The minimum absolute atomic E-state index is 0.210. The van der Waals surface area contributed by atoms with Gasteiger partial charge in [0.05, 0.1) is 5.56 Å². The van der Waals surface area contributed by atoms with Gasteiger partial charge in [-0.2, -0.15) is 0 Å². The Hall–Kier alpha value is -2.33. The van der Waals surface area contributed by atoms with Crippen LogP contribution < -0.4 is 0 Å². The molecule has 3 aromatic carbocycles. The van der Waals surface area contributed by atoms with Gasteiger partial charge in [-0.05, 0) is 58.9 Å². The van der Waals surface area contributed by atoms with Gasteiger partial charge in [0.2, 0.25) is 0 Å². The molecule has 0 aliphatic heterocycles. The molecule has 0 unspecified atom stereocenters. The quantitative estimate of drug-likeness (QED) is 0.176. The lowest BCUT2D eigenvalue weighted by molar-refractivity contribution is 0.576. The molecule has 0 atom stereocenters. The Labute approximate surface area is 172 Å². The van der Waals surface area contributed by atoms with Crippen LogP contribution in [0, 0.1) is 23.3 Å². The summed E-state index contributed by atoms with van der Waals surface area (Å²) in [6.45, 7) is 2.15. The summed E-state index contributed by atoms with van der Waals surface area (Å²) in [6, 6.07) is 8.91. The first-order valence-corrected chi connectivity index (χ1v) is 10.1. The molecular formula is C24H19ClF4. The van der Waals surface area contributed by atoms with Crippen molar-refractivity contribution in [2.24, 2.45) is 0 Å². The van der Waals surface area contributed by atoms with Crippen LogP contribution in [0.1, 0.15) is 42.9 Å². The van der Waals surface area contributed by atoms with E-state index >= 15 is 4.39 Å². The second-order valence-electron chi connectivity index (χ2n) is 7.45. The van der Waals surface area contributed by atoms with E-state index in [0.717, 1.165) is 48.9 Å². The maximum atomic E-state index is 15.3. The van der Waals surface area contributed by atoms with Crippen LogP contribution in [0.3, 0.4) is 0 Å². The predicted octanol–water partition coefficient (Wildman–Crippen LogP) is 7.87. The lowest BCUT2D eigenvalue weighted by Gasteiger charge is -2.11. The molecule has 0 nitrogen and oxygen atoms in total. The maximum absolute atomic E-state index is 15.3. The lowest BCUT2D eigenvalue weighted by Crippen LogP contribution is -1.98. The first-order chi connectivity index (χ1) is 13.9. The van der Waals surface area contributed by atoms with Crippen molar-refractivity contribution >= 4 is 11.6 Å². The molecule has 4 rings (SSSR count). The second kappa shape index (κ2) is 7.83. The SMILES string of the molecule is CCCCCc1ccc2c(c1)Cc1c-2cc(F)c(-c2cc(F)c(Cl)c(F)c2)c1F. The van der Waals surface area contributed by atoms with E-state index in [4.69, 9.17) is 11.6 Å². The maximum Gasteiger partial charge on any atom is 0.145 e. The van der Waals surface area contributed by atoms with Crippen LogP contribution in [0.5, 0.6) is 0 Å². The summed E-state index contributed by atoms with van der Waals surface area (Å²) >= 11 is 5.49. The number of halogens is 5. The van der Waals surface area contributed by atoms with Crippen LogP contribution in [0.15, 0.2) is 36.4 Å². The molecular weight excluding hydrogens is 400 g/mol. The molecule has 1 aliphatic rings. The van der Waals surface area contributed by atoms with Gasteiger partial charge < -0.3 is 0 Å². The molecule has 0 bridgehead atoms. The standard InChI is InChI=1S/C24H19ClF4/c1-2-3-4-5-13-6-7-16-14(8-13)9-18-17(16)12-19(26)22(24(18)29)15-10-20(27)23(25)21(28)11-15/h6-8,10-12H,2-5,9H2,1H3. The topological polar surface area (TPSA) is 0 Å². The van der Waals surface area contributed by atoms with Gasteiger partial charge in [-0.15, -0.1) is 0 Å². The zero-order chi connectivity index (χ0) is 20.7. The molecule has 1 aliphatic carbocycles. The third-order valence-corrected chi connectivity index (χ3v) is 5.85. The lowest BCUT2D eigenvalue weighted by atomic mass is 9.97. The molecule has 29 heavy (non-hydrogen) atoms. The molecule has 0 aromatic heterocycles. The van der Waals surface area contributed by atoms with Gasteiger partial charge in [0, 0.05) is 12.0 Å². The number of rotatable bonds is 5. The summed E-state index contributed by atoms with van der Waals surface area (Å²) in [6.07, 6.45) is 4.64. The third-order valence-electron chi connectivity index (χ3n) is 5.49. The van der Waals surface area contributed by atoms with E-state index in [-0.39, 0.29) is 5.56 Å². The summed E-state index contributed by atoms with van der Waals surface area (Å²) in [5, 5.41) is -0.696. The highest BCUT2D eigenvalue weighted by molar-refractivity contribution is 6.31. The van der Waals surface area contributed by atoms with Crippen molar-refractivity contribution in [2.45, 2.75) is 39.0 Å². The van der Waals surface area contributed by atoms with Crippen molar-refractivity contribution in [3.8, 4) is 22.3 Å². The summed E-state index contributed by atoms with van der Waals surface area (Å²) in [5.74, 6) is -3.76. The van der Waals surface area contributed by atoms with Gasteiger partial charge in [-0.1, -0.05) is 49.6 Å². The fourth-order valence-electron chi connectivity index (χ4n) is 4.02. The summed E-state index contributed by atoms with van der Waals surface area (Å²) in [5.41, 5.74) is 3.11. The highest BCUT2D eigenvalue weighted by atomic mass is 35.5. The molecule has 0 saturated carbocycles. The van der Waals surface area contributed by atoms with E-state index in [0.29, 0.717) is 17.5 Å². The zero-order valence-electron chi connectivity index (χ0n) is 15.9. The Morgan fingerprint density at radius 1 is 0.862 bits per heavy atom. The van der Waals surface area contributed by atoms with Crippen molar-refractivity contribution in [3.05, 3.63) is 81.4 Å². The molecule has 3 aromatic rings. The van der Waals surface area contributed by atoms with E-state index in [2.05, 4.69) is 6.92 Å². The Morgan fingerprint density at radius 2 is 1.59 bits per heavy atom. The largest absolute Gasteiger partial charge is 0.206 e. The van der Waals surface area contributed by atoms with E-state index in [1.165, 1.54) is 11.6 Å². The van der Waals surface area contributed by atoms with E-state index < -0.39 is 33.9 Å². The molecule has 150 valence electrons. The fourth-order valence-corrected chi connectivity index (χ4v) is 4.13. The smallest absolute Gasteiger partial charge is 0.145 e. The molecule has 0 saturated heterocycles. The number of fused-ring (bicyclic) bond motifs is 3. The zero-order valence-corrected chi connectivity index (χ0v) is 16.6. The molecule has 0 fully saturated rings. The van der Waals surface area contributed by atoms with Crippen LogP contribution in [-0.4, -0.2) is 0 Å². The Bertz CT molecular complexity index is 1080. The molecule has 0 radical (unpaired) electrons. The summed E-state index contributed by atoms with van der Waals surface area (Å²) < 4.78 is 57.8. The average Bonchev–Trinajstić information content (AvgIpc) is 3.04. The molecule has 0 spiro atoms. The van der Waals surface area contributed by atoms with Crippen LogP contribution in [0.25, 0.3) is 22.3 Å². The van der Waals surface area contributed by atoms with Crippen molar-refractivity contribution in [1.82, 2.24) is 0 Å². The highest BCUT2D eigenvalue weighted by Crippen LogP contribution is 2.43. The number of hydrogen-bond donors (Lipinski definition) is 0. The Balaban J connectivity index is 1.75. The number of benzene rings is 3. The van der Waals surface area contributed by atoms with Gasteiger partial charge in [-0.25, -0.2) is 17.6 Å². The van der Waals surface area contributed by atoms with Gasteiger partial charge in [-0.3, -0.25) is 0 Å². The molecule has 0 heterocycles. The Kier molecular flexibility index (Phi) is 5.39. The number of aryl methyl sites for hydroxylation is 1. The summed E-state index contributed by atoms with van der Waals surface area (Å²) in [7, 11) is 0. The number of unbranched alkanes of at least 4 members (excludes halogenated alkanes) is 2. The first kappa shape index (κ1) is 20.0. The first-order valence-electron chi connectivity index (χ1n) is 9.68. The average molecular weight is 419 g/mol. The predicted molar refractivity (Wildman–Crippen MR) is 108 cm³/mol. The number of hydrogen-bond acceptors (Lipinski definition) is 0. The van der Waals surface area contributed by atoms with Crippen LogP contribution >= 0.6 is 11.6 Å². The minimum Gasteiger partial charge on any atom is -0.206 e. The molecule has 0 N–H and O–H groups in total. The second-order valence-corrected chi connectivity index (χ2v) is 7.83. The Morgan fingerprint density at radius 3 is 2.28 bits per heavy atom. The van der Waals surface area contributed by atoms with E-state index in [1.54, 1.807) is 0 Å². The van der Waals surface area contributed by atoms with Gasteiger partial charge in [0.1, 0.15) is 28.3 Å². The van der Waals surface area contributed by atoms with Gasteiger partial charge >= 0.3 is 0 Å². The van der Waals surface area contributed by atoms with Gasteiger partial charge in [0.25, 0.3) is 0 Å². The van der Waals surface area contributed by atoms with Crippen LogP contribution in [0.2, 0.25) is 5.02 Å².